The number of aliphatic hydroxyl groups is 1. The van der Waals surface area contributed by atoms with Crippen molar-refractivity contribution in [3.05, 3.63) is 25.3 Å². The van der Waals surface area contributed by atoms with Crippen LogP contribution in [0.4, 0.5) is 0 Å². The average molecular weight is 629 g/mol. The maximum atomic E-state index is 14.4. The number of thioether (sulfide) groups is 1. The highest BCUT2D eigenvalue weighted by Gasteiger charge is 2.76. The molecule has 6 atom stereocenters. The summed E-state index contributed by atoms with van der Waals surface area (Å²) in [6.45, 7) is 13.0. The van der Waals surface area contributed by atoms with Crippen LogP contribution in [0.5, 0.6) is 0 Å². The summed E-state index contributed by atoms with van der Waals surface area (Å²) in [4.78, 5) is 47.7. The number of carbonyl (C=O) groups is 3. The van der Waals surface area contributed by atoms with Gasteiger partial charge in [0.1, 0.15) is 12.6 Å². The van der Waals surface area contributed by atoms with Crippen molar-refractivity contribution in [1.82, 2.24) is 14.7 Å². The fourth-order valence-corrected chi connectivity index (χ4v) is 10.2. The quantitative estimate of drug-likeness (QED) is 0.128. The number of halogens is 1. The van der Waals surface area contributed by atoms with Gasteiger partial charge < -0.3 is 24.4 Å². The van der Waals surface area contributed by atoms with Crippen molar-refractivity contribution in [3.8, 4) is 0 Å². The first-order valence-corrected chi connectivity index (χ1v) is 15.9. The van der Waals surface area contributed by atoms with Gasteiger partial charge in [-0.25, -0.2) is 0 Å². The molecule has 1 spiro atoms. The van der Waals surface area contributed by atoms with E-state index in [0.717, 1.165) is 45.3 Å². The summed E-state index contributed by atoms with van der Waals surface area (Å²) in [5.74, 6) is -1.76. The van der Waals surface area contributed by atoms with Gasteiger partial charge in [-0.3, -0.25) is 19.3 Å². The number of carbonyl (C=O) groups excluding carboxylic acids is 3. The number of esters is 1. The number of likely N-dealkylation sites (tertiary alicyclic amines) is 1. The molecule has 9 nitrogen and oxygen atoms in total. The molecule has 4 aliphatic heterocycles. The standard InChI is InChI=1S/C28H42BrN3O6S/c1-3-9-31(12-11-30-13-17-37-18-14-30)26(35)24-28-19-20(29)23(39-28)21(27(36)38-16-4-2)22(28)25(34)32(24)10-7-5-6-8-15-33/h3-4,20-24,33H,1-2,5-19H2/t20?,21-,22+,23-,24?,28?/m1/s1. The normalized spacial score (nSPS) is 31.8. The number of aliphatic hydroxyl groups excluding tert-OH is 1. The van der Waals surface area contributed by atoms with Gasteiger partial charge in [-0.2, -0.15) is 0 Å². The van der Waals surface area contributed by atoms with E-state index in [9.17, 15) is 14.4 Å². The van der Waals surface area contributed by atoms with Gasteiger partial charge in [-0.15, -0.1) is 18.3 Å². The number of rotatable bonds is 15. The first-order chi connectivity index (χ1) is 18.9. The Morgan fingerprint density at radius 2 is 1.92 bits per heavy atom. The Morgan fingerprint density at radius 3 is 2.62 bits per heavy atom. The zero-order valence-corrected chi connectivity index (χ0v) is 25.1. The smallest absolute Gasteiger partial charge is 0.311 e. The Bertz CT molecular complexity index is 918. The number of alkyl halides is 1. The second-order valence-electron chi connectivity index (χ2n) is 10.8. The molecule has 39 heavy (non-hydrogen) atoms. The van der Waals surface area contributed by atoms with Crippen LogP contribution in [-0.4, -0.2) is 124 Å². The Morgan fingerprint density at radius 1 is 1.18 bits per heavy atom. The fraction of sp³-hybridized carbons (Fsp3) is 0.750. The van der Waals surface area contributed by atoms with Gasteiger partial charge in [0, 0.05) is 56.0 Å². The van der Waals surface area contributed by atoms with E-state index in [0.29, 0.717) is 39.3 Å². The highest BCUT2D eigenvalue weighted by molar-refractivity contribution is 9.09. The fourth-order valence-electron chi connectivity index (χ4n) is 6.61. The molecule has 11 heteroatoms. The molecule has 218 valence electrons. The van der Waals surface area contributed by atoms with Gasteiger partial charge in [-0.05, 0) is 19.3 Å². The van der Waals surface area contributed by atoms with E-state index in [1.165, 1.54) is 6.08 Å². The minimum atomic E-state index is -0.686. The number of morpholine rings is 1. The van der Waals surface area contributed by atoms with Crippen molar-refractivity contribution in [2.75, 3.05) is 65.7 Å². The first-order valence-electron chi connectivity index (χ1n) is 14.1. The maximum absolute atomic E-state index is 14.4. The van der Waals surface area contributed by atoms with Crippen LogP contribution in [0.1, 0.15) is 32.1 Å². The van der Waals surface area contributed by atoms with Crippen LogP contribution < -0.4 is 0 Å². The van der Waals surface area contributed by atoms with E-state index in [4.69, 9.17) is 14.6 Å². The minimum Gasteiger partial charge on any atom is -0.461 e. The van der Waals surface area contributed by atoms with Crippen LogP contribution in [0.25, 0.3) is 0 Å². The molecule has 0 radical (unpaired) electrons. The number of hydrogen-bond donors (Lipinski definition) is 1. The van der Waals surface area contributed by atoms with Gasteiger partial charge >= 0.3 is 5.97 Å². The number of nitrogens with zero attached hydrogens (tertiary/aromatic N) is 3. The third-order valence-corrected chi connectivity index (χ3v) is 11.6. The molecule has 4 heterocycles. The van der Waals surface area contributed by atoms with E-state index in [2.05, 4.69) is 34.0 Å². The second kappa shape index (κ2) is 14.0. The van der Waals surface area contributed by atoms with Crippen LogP contribution in [0.2, 0.25) is 0 Å². The van der Waals surface area contributed by atoms with Crippen LogP contribution in [-0.2, 0) is 23.9 Å². The van der Waals surface area contributed by atoms with E-state index in [-0.39, 0.29) is 41.1 Å². The molecule has 0 aromatic rings. The SMILES string of the molecule is C=CCOC(=O)[C@H]1[C@@H]2SC3(CC2Br)C(C(=O)N(CC=C)CCN2CCOCC2)N(CCCCCCO)C(=O)[C@H]13. The van der Waals surface area contributed by atoms with Crippen LogP contribution in [0, 0.1) is 11.8 Å². The number of ether oxygens (including phenoxy) is 2. The topological polar surface area (TPSA) is 99.6 Å². The summed E-state index contributed by atoms with van der Waals surface area (Å²) in [6, 6.07) is -0.648. The Hall–Kier alpha value is -1.40. The zero-order valence-electron chi connectivity index (χ0n) is 22.7. The third kappa shape index (κ3) is 6.27. The molecule has 4 fully saturated rings. The number of fused-ring (bicyclic) bond motifs is 1. The van der Waals surface area contributed by atoms with Crippen molar-refractivity contribution in [3.63, 3.8) is 0 Å². The van der Waals surface area contributed by atoms with Crippen molar-refractivity contribution < 1.29 is 29.0 Å². The molecule has 0 aromatic heterocycles. The molecule has 2 amide bonds. The van der Waals surface area contributed by atoms with Crippen molar-refractivity contribution >= 4 is 45.5 Å². The molecule has 0 saturated carbocycles. The average Bonchev–Trinajstić information content (AvgIpc) is 3.53. The molecule has 0 aromatic carbocycles. The van der Waals surface area contributed by atoms with Crippen molar-refractivity contribution in [1.29, 1.82) is 0 Å². The molecular weight excluding hydrogens is 586 g/mol. The van der Waals surface area contributed by atoms with Gasteiger partial charge in [-0.1, -0.05) is 47.5 Å². The molecule has 2 bridgehead atoms. The predicted octanol–water partition coefficient (Wildman–Crippen LogP) is 2.08. The Balaban J connectivity index is 1.60. The second-order valence-corrected chi connectivity index (χ2v) is 13.5. The molecular formula is C28H42BrN3O6S. The third-order valence-electron chi connectivity index (χ3n) is 8.40. The molecule has 4 saturated heterocycles. The zero-order chi connectivity index (χ0) is 28.0. The number of unbranched alkanes of at least 4 members (excludes halogenated alkanes) is 3. The highest BCUT2D eigenvalue weighted by atomic mass is 79.9. The summed E-state index contributed by atoms with van der Waals surface area (Å²) in [7, 11) is 0. The molecule has 4 aliphatic rings. The van der Waals surface area contributed by atoms with Crippen molar-refractivity contribution in [2.24, 2.45) is 11.8 Å². The van der Waals surface area contributed by atoms with E-state index < -0.39 is 22.6 Å². The van der Waals surface area contributed by atoms with Crippen LogP contribution in [0.15, 0.2) is 25.3 Å². The van der Waals surface area contributed by atoms with Crippen LogP contribution in [0.3, 0.4) is 0 Å². The van der Waals surface area contributed by atoms with Crippen molar-refractivity contribution in [2.45, 2.75) is 53.0 Å². The molecule has 3 unspecified atom stereocenters. The van der Waals surface area contributed by atoms with Crippen LogP contribution >= 0.6 is 27.7 Å². The summed E-state index contributed by atoms with van der Waals surface area (Å²) in [5.41, 5.74) is 0. The summed E-state index contributed by atoms with van der Waals surface area (Å²) in [6.07, 6.45) is 7.10. The maximum Gasteiger partial charge on any atom is 0.311 e. The van der Waals surface area contributed by atoms with Gasteiger partial charge in [0.15, 0.2) is 0 Å². The first kappa shape index (κ1) is 30.6. The number of amides is 2. The summed E-state index contributed by atoms with van der Waals surface area (Å²) >= 11 is 5.42. The summed E-state index contributed by atoms with van der Waals surface area (Å²) < 4.78 is 10.2. The monoisotopic (exact) mass is 627 g/mol. The van der Waals surface area contributed by atoms with E-state index >= 15 is 0 Å². The predicted molar refractivity (Wildman–Crippen MR) is 155 cm³/mol. The number of hydrogen-bond acceptors (Lipinski definition) is 8. The van der Waals surface area contributed by atoms with Gasteiger partial charge in [0.2, 0.25) is 11.8 Å². The van der Waals surface area contributed by atoms with Gasteiger partial charge in [0.05, 0.1) is 29.8 Å². The van der Waals surface area contributed by atoms with Gasteiger partial charge in [0.25, 0.3) is 0 Å². The van der Waals surface area contributed by atoms with E-state index in [1.807, 2.05) is 4.90 Å². The molecule has 4 rings (SSSR count). The lowest BCUT2D eigenvalue weighted by molar-refractivity contribution is -0.153. The lowest BCUT2D eigenvalue weighted by Gasteiger charge is -2.38. The molecule has 1 N–H and O–H groups in total. The summed E-state index contributed by atoms with van der Waals surface area (Å²) in [5, 5.41) is 9.02. The minimum absolute atomic E-state index is 0.00818. The van der Waals surface area contributed by atoms with E-state index in [1.54, 1.807) is 22.7 Å². The lowest BCUT2D eigenvalue weighted by atomic mass is 9.71. The highest BCUT2D eigenvalue weighted by Crippen LogP contribution is 2.68. The Labute approximate surface area is 244 Å². The largest absolute Gasteiger partial charge is 0.461 e. The Kier molecular flexibility index (Phi) is 11.0. The lowest BCUT2D eigenvalue weighted by Crippen LogP contribution is -2.56. The molecule has 0 aliphatic carbocycles.